The first kappa shape index (κ1) is 20.0. The van der Waals surface area contributed by atoms with E-state index in [2.05, 4.69) is 42.8 Å². The number of carbonyl (C=O) groups excluding carboxylic acids is 1. The van der Waals surface area contributed by atoms with Crippen LogP contribution in [0, 0.1) is 5.92 Å². The van der Waals surface area contributed by atoms with Gasteiger partial charge in [-0.2, -0.15) is 0 Å². The van der Waals surface area contributed by atoms with Gasteiger partial charge in [-0.15, -0.1) is 0 Å². The van der Waals surface area contributed by atoms with E-state index >= 15 is 0 Å². The molecule has 2 aromatic rings. The highest BCUT2D eigenvalue weighted by molar-refractivity contribution is 7.99. The molecule has 1 unspecified atom stereocenters. The van der Waals surface area contributed by atoms with Gasteiger partial charge in [0.1, 0.15) is 0 Å². The van der Waals surface area contributed by atoms with Crippen LogP contribution in [0.15, 0.2) is 46.3 Å². The van der Waals surface area contributed by atoms with Gasteiger partial charge < -0.3 is 9.80 Å². The largest absolute Gasteiger partial charge is 0.368 e. The zero-order chi connectivity index (χ0) is 20.6. The van der Waals surface area contributed by atoms with Crippen LogP contribution >= 0.6 is 11.8 Å². The summed E-state index contributed by atoms with van der Waals surface area (Å²) in [6.45, 7) is 9.71. The Morgan fingerprint density at radius 1 is 1.10 bits per heavy atom. The van der Waals surface area contributed by atoms with Gasteiger partial charge >= 0.3 is 0 Å². The van der Waals surface area contributed by atoms with Crippen molar-refractivity contribution in [2.45, 2.75) is 37.9 Å². The van der Waals surface area contributed by atoms with Crippen molar-refractivity contribution in [2.24, 2.45) is 5.92 Å². The Morgan fingerprint density at radius 2 is 1.79 bits per heavy atom. The molecule has 0 spiro atoms. The molecule has 6 nitrogen and oxygen atoms in total. The fraction of sp³-hybridized carbons (Fsp3) is 0.500. The molecular weight excluding hydrogens is 384 g/mol. The highest BCUT2D eigenvalue weighted by Crippen LogP contribution is 2.29. The fourth-order valence-corrected chi connectivity index (χ4v) is 4.91. The van der Waals surface area contributed by atoms with Gasteiger partial charge in [-0.1, -0.05) is 50.7 Å². The molecule has 1 aromatic heterocycles. The lowest BCUT2D eigenvalue weighted by Crippen LogP contribution is -2.52. The van der Waals surface area contributed by atoms with Crippen molar-refractivity contribution >= 4 is 23.4 Å². The number of piperazine rings is 1. The minimum absolute atomic E-state index is 0.0566. The molecule has 7 heteroatoms. The summed E-state index contributed by atoms with van der Waals surface area (Å²) in [4.78, 5) is 34.7. The number of aromatic nitrogens is 2. The molecule has 3 heterocycles. The van der Waals surface area contributed by atoms with Crippen LogP contribution in [0.2, 0.25) is 0 Å². The lowest BCUT2D eigenvalue weighted by atomic mass is 9.92. The molecule has 0 radical (unpaired) electrons. The minimum atomic E-state index is -0.171. The van der Waals surface area contributed by atoms with Crippen LogP contribution in [0.5, 0.6) is 0 Å². The number of fused-ring (bicyclic) bond motifs is 1. The van der Waals surface area contributed by atoms with E-state index in [1.807, 2.05) is 23.1 Å². The number of hydrogen-bond donors (Lipinski definition) is 0. The van der Waals surface area contributed by atoms with Crippen LogP contribution in [0.3, 0.4) is 0 Å². The van der Waals surface area contributed by atoms with Crippen LogP contribution in [0.1, 0.15) is 26.5 Å². The van der Waals surface area contributed by atoms with Crippen molar-refractivity contribution in [1.82, 2.24) is 14.5 Å². The monoisotopic (exact) mass is 412 g/mol. The lowest BCUT2D eigenvalue weighted by molar-refractivity contribution is -0.135. The second-order valence-electron chi connectivity index (χ2n) is 8.78. The molecule has 4 rings (SSSR count). The summed E-state index contributed by atoms with van der Waals surface area (Å²) in [5, 5.41) is 0.736. The standard InChI is InChI=1S/C22H28N4O2S/c1-22(2,3)18-13-19(27)26-14-16(15-29-21(26)23-18)20(28)25-11-9-24(10-12-25)17-7-5-4-6-8-17/h4-8,13,16H,9-12,14-15H2,1-3H3. The molecule has 1 saturated heterocycles. The third-order valence-corrected chi connectivity index (χ3v) is 6.76. The molecule has 29 heavy (non-hydrogen) atoms. The first-order chi connectivity index (χ1) is 13.8. The van der Waals surface area contributed by atoms with E-state index in [4.69, 9.17) is 0 Å². The van der Waals surface area contributed by atoms with Gasteiger partial charge in [0.25, 0.3) is 5.56 Å². The minimum Gasteiger partial charge on any atom is -0.368 e. The van der Waals surface area contributed by atoms with Crippen LogP contribution in [0.25, 0.3) is 0 Å². The van der Waals surface area contributed by atoms with Crippen molar-refractivity contribution in [3.8, 4) is 0 Å². The Hall–Kier alpha value is -2.28. The number of amides is 1. The summed E-state index contributed by atoms with van der Waals surface area (Å²) >= 11 is 1.52. The van der Waals surface area contributed by atoms with Crippen molar-refractivity contribution in [1.29, 1.82) is 0 Å². The first-order valence-corrected chi connectivity index (χ1v) is 11.2. The van der Waals surface area contributed by atoms with Crippen molar-refractivity contribution in [3.05, 3.63) is 52.4 Å². The summed E-state index contributed by atoms with van der Waals surface area (Å²) < 4.78 is 1.67. The van der Waals surface area contributed by atoms with Gasteiger partial charge in [-0.25, -0.2) is 4.98 Å². The molecule has 1 fully saturated rings. The van der Waals surface area contributed by atoms with Crippen LogP contribution in [-0.2, 0) is 16.8 Å². The number of para-hydroxylation sites is 1. The van der Waals surface area contributed by atoms with Crippen molar-refractivity contribution < 1.29 is 4.79 Å². The summed E-state index contributed by atoms with van der Waals surface area (Å²) in [6.07, 6.45) is 0. The smallest absolute Gasteiger partial charge is 0.254 e. The summed E-state index contributed by atoms with van der Waals surface area (Å²) in [6, 6.07) is 11.9. The molecule has 2 aliphatic rings. The Bertz CT molecular complexity index is 944. The number of carbonyl (C=O) groups is 1. The Kier molecular flexibility index (Phi) is 5.42. The van der Waals surface area contributed by atoms with Gasteiger partial charge in [-0.05, 0) is 12.1 Å². The molecule has 1 aromatic carbocycles. The maximum absolute atomic E-state index is 13.1. The van der Waals surface area contributed by atoms with E-state index in [0.717, 1.165) is 37.0 Å². The predicted molar refractivity (Wildman–Crippen MR) is 117 cm³/mol. The maximum Gasteiger partial charge on any atom is 0.254 e. The number of anilines is 1. The molecule has 0 N–H and O–H groups in total. The van der Waals surface area contributed by atoms with E-state index < -0.39 is 0 Å². The third kappa shape index (κ3) is 4.20. The van der Waals surface area contributed by atoms with Crippen LogP contribution < -0.4 is 10.5 Å². The quantitative estimate of drug-likeness (QED) is 0.710. The highest BCUT2D eigenvalue weighted by atomic mass is 32.2. The van der Waals surface area contributed by atoms with Gasteiger partial charge in [0, 0.05) is 55.6 Å². The van der Waals surface area contributed by atoms with E-state index in [0.29, 0.717) is 12.3 Å². The summed E-state index contributed by atoms with van der Waals surface area (Å²) in [5.74, 6) is 0.663. The summed E-state index contributed by atoms with van der Waals surface area (Å²) in [5.41, 5.74) is 1.79. The number of hydrogen-bond acceptors (Lipinski definition) is 5. The first-order valence-electron chi connectivity index (χ1n) is 10.2. The third-order valence-electron chi connectivity index (χ3n) is 5.62. The Balaban J connectivity index is 1.42. The molecule has 1 atom stereocenters. The zero-order valence-corrected chi connectivity index (χ0v) is 18.1. The normalized spacial score (nSPS) is 19.8. The van der Waals surface area contributed by atoms with E-state index in [1.165, 1.54) is 17.4 Å². The number of nitrogens with zero attached hydrogens (tertiary/aromatic N) is 4. The molecule has 2 aliphatic heterocycles. The fourth-order valence-electron chi connectivity index (χ4n) is 3.83. The van der Waals surface area contributed by atoms with E-state index in [9.17, 15) is 9.59 Å². The van der Waals surface area contributed by atoms with Gasteiger partial charge in [0.2, 0.25) is 5.91 Å². The average Bonchev–Trinajstić information content (AvgIpc) is 2.73. The second kappa shape index (κ2) is 7.86. The second-order valence-corrected chi connectivity index (χ2v) is 9.77. The lowest BCUT2D eigenvalue weighted by Gasteiger charge is -2.38. The van der Waals surface area contributed by atoms with Crippen molar-refractivity contribution in [3.63, 3.8) is 0 Å². The molecule has 154 valence electrons. The highest BCUT2D eigenvalue weighted by Gasteiger charge is 2.32. The predicted octanol–water partition coefficient (Wildman–Crippen LogP) is 2.61. The molecular formula is C22H28N4O2S. The SMILES string of the molecule is CC(C)(C)c1cc(=O)n2c(n1)SCC(C(=O)N1CCN(c3ccccc3)CC1)C2. The molecule has 0 aliphatic carbocycles. The summed E-state index contributed by atoms with van der Waals surface area (Å²) in [7, 11) is 0. The van der Waals surface area contributed by atoms with Crippen LogP contribution in [0.4, 0.5) is 5.69 Å². The van der Waals surface area contributed by atoms with Crippen molar-refractivity contribution in [2.75, 3.05) is 36.8 Å². The van der Waals surface area contributed by atoms with Crippen LogP contribution in [-0.4, -0.2) is 52.3 Å². The zero-order valence-electron chi connectivity index (χ0n) is 17.3. The van der Waals surface area contributed by atoms with Gasteiger partial charge in [0.15, 0.2) is 5.16 Å². The Morgan fingerprint density at radius 3 is 2.45 bits per heavy atom. The Labute approximate surface area is 175 Å². The van der Waals surface area contributed by atoms with Gasteiger partial charge in [0.05, 0.1) is 11.6 Å². The molecule has 1 amide bonds. The number of rotatable bonds is 2. The maximum atomic E-state index is 13.1. The number of thioether (sulfide) groups is 1. The molecule has 0 bridgehead atoms. The number of benzene rings is 1. The van der Waals surface area contributed by atoms with E-state index in [1.54, 1.807) is 10.6 Å². The topological polar surface area (TPSA) is 58.4 Å². The molecule has 0 saturated carbocycles. The average molecular weight is 413 g/mol. The van der Waals surface area contributed by atoms with Gasteiger partial charge in [-0.3, -0.25) is 14.2 Å². The van der Waals surface area contributed by atoms with E-state index in [-0.39, 0.29) is 22.8 Å².